The molecule has 2 aromatic heterocycles. The van der Waals surface area contributed by atoms with Crippen LogP contribution in [0.3, 0.4) is 0 Å². The largest absolute Gasteiger partial charge is 0.388 e. The number of alkyl halides is 1. The number of aliphatic hydroxyl groups excluding tert-OH is 1. The topological polar surface area (TPSA) is 102 Å². The zero-order valence-corrected chi connectivity index (χ0v) is 29.5. The van der Waals surface area contributed by atoms with Gasteiger partial charge in [-0.1, -0.05) is 30.3 Å². The van der Waals surface area contributed by atoms with Gasteiger partial charge in [0.15, 0.2) is 0 Å². The van der Waals surface area contributed by atoms with Crippen LogP contribution in [0.5, 0.6) is 0 Å². The summed E-state index contributed by atoms with van der Waals surface area (Å²) in [5.41, 5.74) is 1.30. The number of aliphatic hydroxyl groups is 1. The number of nitrogens with zero attached hydrogens (tertiary/aromatic N) is 5. The van der Waals surface area contributed by atoms with Crippen molar-refractivity contribution in [2.45, 2.75) is 63.9 Å². The Balaban J connectivity index is 1.44. The molecule has 9 nitrogen and oxygen atoms in total. The number of benzene rings is 2. The van der Waals surface area contributed by atoms with Crippen LogP contribution in [0.2, 0.25) is 0 Å². The molecule has 11 heteroatoms. The minimum absolute atomic E-state index is 0.100. The maximum atomic E-state index is 14.7. The number of rotatable bonds is 11. The zero-order valence-electron chi connectivity index (χ0n) is 28.7. The van der Waals surface area contributed by atoms with E-state index in [1.807, 2.05) is 72.6 Å². The fourth-order valence-corrected chi connectivity index (χ4v) is 6.97. The van der Waals surface area contributed by atoms with E-state index in [2.05, 4.69) is 15.3 Å². The molecule has 2 N–H and O–H groups in total. The Labute approximate surface area is 286 Å². The third kappa shape index (κ3) is 7.52. The lowest BCUT2D eigenvalue weighted by Gasteiger charge is -2.38. The van der Waals surface area contributed by atoms with Crippen molar-refractivity contribution in [3.63, 3.8) is 0 Å². The van der Waals surface area contributed by atoms with Crippen LogP contribution in [0.4, 0.5) is 15.8 Å². The average molecular weight is 673 g/mol. The predicted octanol–water partition coefficient (Wildman–Crippen LogP) is 6.24. The number of pyridine rings is 1. The fraction of sp³-hybridized carbons (Fsp3) is 0.405. The monoisotopic (exact) mass is 672 g/mol. The van der Waals surface area contributed by atoms with Crippen LogP contribution in [-0.2, 0) is 11.2 Å². The Bertz CT molecular complexity index is 1760. The molecular weight excluding hydrogens is 628 g/mol. The highest BCUT2D eigenvalue weighted by Crippen LogP contribution is 2.36. The Morgan fingerprint density at radius 3 is 2.40 bits per heavy atom. The number of likely N-dealkylation sites (N-methyl/N-ethyl adjacent to an activating group) is 1. The number of anilines is 2. The first-order chi connectivity index (χ1) is 22.7. The van der Waals surface area contributed by atoms with Crippen LogP contribution >= 0.6 is 11.3 Å². The molecule has 3 atom stereocenters. The minimum atomic E-state index is -1.58. The third-order valence-corrected chi connectivity index (χ3v) is 10.2. The van der Waals surface area contributed by atoms with Gasteiger partial charge in [-0.3, -0.25) is 14.6 Å². The molecule has 2 amide bonds. The van der Waals surface area contributed by atoms with Crippen molar-refractivity contribution in [2.75, 3.05) is 44.0 Å². The van der Waals surface area contributed by atoms with E-state index in [1.54, 1.807) is 54.6 Å². The van der Waals surface area contributed by atoms with Crippen molar-refractivity contribution < 1.29 is 19.1 Å². The fourth-order valence-electron chi connectivity index (χ4n) is 6.03. The van der Waals surface area contributed by atoms with Gasteiger partial charge >= 0.3 is 0 Å². The summed E-state index contributed by atoms with van der Waals surface area (Å²) < 4.78 is 14.7. The summed E-state index contributed by atoms with van der Waals surface area (Å²) in [5.74, 6) is -0.583. The molecule has 0 saturated carbocycles. The van der Waals surface area contributed by atoms with Crippen molar-refractivity contribution >= 4 is 34.5 Å². The number of thiazole rings is 1. The second-order valence-electron chi connectivity index (χ2n) is 13.5. The Morgan fingerprint density at radius 1 is 1.04 bits per heavy atom. The number of hydrogen-bond acceptors (Lipinski definition) is 8. The summed E-state index contributed by atoms with van der Waals surface area (Å²) >= 11 is 1.57. The van der Waals surface area contributed by atoms with Gasteiger partial charge in [-0.05, 0) is 70.4 Å². The van der Waals surface area contributed by atoms with Crippen molar-refractivity contribution in [2.24, 2.45) is 0 Å². The van der Waals surface area contributed by atoms with E-state index in [0.29, 0.717) is 40.2 Å². The molecule has 0 bridgehead atoms. The van der Waals surface area contributed by atoms with E-state index in [0.717, 1.165) is 23.5 Å². The highest BCUT2D eigenvalue weighted by atomic mass is 32.1. The lowest BCUT2D eigenvalue weighted by Crippen LogP contribution is -2.55. The van der Waals surface area contributed by atoms with Crippen LogP contribution in [0.25, 0.3) is 0 Å². The van der Waals surface area contributed by atoms with Crippen LogP contribution in [-0.4, -0.2) is 72.1 Å². The van der Waals surface area contributed by atoms with Crippen LogP contribution in [0.15, 0.2) is 72.4 Å². The lowest BCUT2D eigenvalue weighted by atomic mass is 9.85. The number of carbonyl (C=O) groups is 2. The molecule has 3 heterocycles. The first-order valence-corrected chi connectivity index (χ1v) is 17.0. The maximum Gasteiger partial charge on any atom is 0.254 e. The number of carbonyl (C=O) groups excluding carboxylic acids is 2. The lowest BCUT2D eigenvalue weighted by molar-refractivity contribution is 0.0593. The molecule has 4 aromatic rings. The van der Waals surface area contributed by atoms with Gasteiger partial charge < -0.3 is 25.1 Å². The number of amides is 2. The smallest absolute Gasteiger partial charge is 0.254 e. The van der Waals surface area contributed by atoms with E-state index in [-0.39, 0.29) is 18.5 Å². The van der Waals surface area contributed by atoms with Gasteiger partial charge in [-0.2, -0.15) is 0 Å². The first-order valence-electron chi connectivity index (χ1n) is 16.1. The molecule has 48 heavy (non-hydrogen) atoms. The molecular formula is C37H45FN6O3S. The number of aryl methyl sites for hydroxylation is 1. The molecule has 0 spiro atoms. The van der Waals surface area contributed by atoms with Gasteiger partial charge in [0.05, 0.1) is 29.6 Å². The zero-order chi connectivity index (χ0) is 34.8. The molecule has 1 aliphatic rings. The molecule has 0 radical (unpaired) electrons. The number of hydrogen-bond donors (Lipinski definition) is 2. The van der Waals surface area contributed by atoms with Crippen molar-refractivity contribution in [3.8, 4) is 0 Å². The standard InChI is InChI=1S/C37H45FN6O3S/c1-24-23-48-34(40-24)31-14-11-15-44(31)35(47)26-16-25(17-29(18-26)42(5)6)33(46)41-37(4,27-12-9-8-10-13-27)32(45)22-43(7)30-19-28(20-39-21-30)36(2,3)38/h8-10,12-13,16-21,23,31-32,45H,11,14-15,22H2,1-7H3,(H,41,46)/t31-,32-,37+/m1/s1. The SMILES string of the molecule is Cc1csc([C@H]2CCCN2C(=O)c2cc(C(=O)N[C@@](C)(c3ccccc3)[C@H](O)CN(C)c3cncc(C(C)(C)F)c3)cc(N(C)C)c2)n1. The molecule has 254 valence electrons. The van der Waals surface area contributed by atoms with Crippen LogP contribution in [0, 0.1) is 6.92 Å². The molecule has 0 aliphatic carbocycles. The summed E-state index contributed by atoms with van der Waals surface area (Å²) in [6.07, 6.45) is 3.73. The number of nitrogens with one attached hydrogen (secondary N) is 1. The summed E-state index contributed by atoms with van der Waals surface area (Å²) in [4.78, 5) is 42.6. The summed E-state index contributed by atoms with van der Waals surface area (Å²) in [7, 11) is 5.52. The molecule has 0 unspecified atom stereocenters. The van der Waals surface area contributed by atoms with Crippen molar-refractivity contribution in [1.29, 1.82) is 0 Å². The van der Waals surface area contributed by atoms with E-state index in [9.17, 15) is 19.1 Å². The Morgan fingerprint density at radius 2 is 1.75 bits per heavy atom. The summed E-state index contributed by atoms with van der Waals surface area (Å²) in [5, 5.41) is 17.9. The summed E-state index contributed by atoms with van der Waals surface area (Å²) in [6.45, 7) is 7.40. The van der Waals surface area contributed by atoms with Gasteiger partial charge in [0.25, 0.3) is 11.8 Å². The van der Waals surface area contributed by atoms with Crippen LogP contribution < -0.4 is 15.1 Å². The molecule has 1 saturated heterocycles. The molecule has 1 aliphatic heterocycles. The normalized spacial score (nSPS) is 16.7. The highest BCUT2D eigenvalue weighted by molar-refractivity contribution is 7.09. The number of halogens is 1. The van der Waals surface area contributed by atoms with Gasteiger partial charge in [-0.25, -0.2) is 9.37 Å². The van der Waals surface area contributed by atoms with E-state index < -0.39 is 23.2 Å². The van der Waals surface area contributed by atoms with E-state index >= 15 is 0 Å². The van der Waals surface area contributed by atoms with Gasteiger partial charge in [0.2, 0.25) is 0 Å². The Kier molecular flexibility index (Phi) is 10.2. The Hall–Kier alpha value is -4.35. The second kappa shape index (κ2) is 14.0. The van der Waals surface area contributed by atoms with Crippen molar-refractivity contribution in [1.82, 2.24) is 20.2 Å². The maximum absolute atomic E-state index is 14.7. The average Bonchev–Trinajstić information content (AvgIpc) is 3.73. The molecule has 1 fully saturated rings. The number of likely N-dealkylation sites (tertiary alicyclic amines) is 1. The minimum Gasteiger partial charge on any atom is -0.388 e. The van der Waals surface area contributed by atoms with Crippen LogP contribution in [0.1, 0.15) is 82.2 Å². The van der Waals surface area contributed by atoms with Crippen molar-refractivity contribution in [3.05, 3.63) is 105 Å². The van der Waals surface area contributed by atoms with E-state index in [1.165, 1.54) is 20.0 Å². The molecule has 2 aromatic carbocycles. The van der Waals surface area contributed by atoms with E-state index in [4.69, 9.17) is 0 Å². The van der Waals surface area contributed by atoms with Gasteiger partial charge in [0.1, 0.15) is 10.7 Å². The quantitative estimate of drug-likeness (QED) is 0.195. The second-order valence-corrected chi connectivity index (χ2v) is 14.4. The summed E-state index contributed by atoms with van der Waals surface area (Å²) in [6, 6.07) is 16.1. The highest BCUT2D eigenvalue weighted by Gasteiger charge is 2.38. The van der Waals surface area contributed by atoms with Gasteiger partial charge in [-0.15, -0.1) is 11.3 Å². The molecule has 5 rings (SSSR count). The predicted molar refractivity (Wildman–Crippen MR) is 190 cm³/mol. The first kappa shape index (κ1) is 35.0. The number of aromatic nitrogens is 2. The third-order valence-electron chi connectivity index (χ3n) is 9.09. The van der Waals surface area contributed by atoms with Gasteiger partial charge in [0, 0.05) is 73.9 Å².